The summed E-state index contributed by atoms with van der Waals surface area (Å²) in [5.41, 5.74) is 5.50. The fourth-order valence-electron chi connectivity index (χ4n) is 2.21. The molecule has 1 aromatic rings. The van der Waals surface area contributed by atoms with Crippen molar-refractivity contribution in [1.29, 1.82) is 0 Å². The molecular weight excluding hydrogens is 238 g/mol. The smallest absolute Gasteiger partial charge is 0.256 e. The zero-order valence-corrected chi connectivity index (χ0v) is 10.0. The van der Waals surface area contributed by atoms with Crippen LogP contribution in [0.4, 0.5) is 8.78 Å². The topological polar surface area (TPSA) is 46.3 Å². The second-order valence-electron chi connectivity index (χ2n) is 4.60. The van der Waals surface area contributed by atoms with Gasteiger partial charge < -0.3 is 10.6 Å². The number of rotatable bonds is 2. The van der Waals surface area contributed by atoms with E-state index in [2.05, 4.69) is 0 Å². The predicted octanol–water partition coefficient (Wildman–Crippen LogP) is 1.78. The summed E-state index contributed by atoms with van der Waals surface area (Å²) in [6.45, 7) is 1.78. The summed E-state index contributed by atoms with van der Waals surface area (Å²) in [4.78, 5) is 13.7. The lowest BCUT2D eigenvalue weighted by atomic mass is 9.96. The number of carbonyl (C=O) groups is 1. The van der Waals surface area contributed by atoms with E-state index in [4.69, 9.17) is 5.73 Å². The molecule has 5 heteroatoms. The van der Waals surface area contributed by atoms with Crippen LogP contribution in [0.2, 0.25) is 0 Å². The molecular formula is C13H16F2N2O. The summed E-state index contributed by atoms with van der Waals surface area (Å²) >= 11 is 0. The number of hydrogen-bond donors (Lipinski definition) is 1. The SMILES string of the molecule is NCC1CCN(C(=O)c2ccc(F)cc2F)CC1. The number of amides is 1. The van der Waals surface area contributed by atoms with Crippen molar-refractivity contribution in [3.63, 3.8) is 0 Å². The van der Waals surface area contributed by atoms with Gasteiger partial charge in [-0.1, -0.05) is 0 Å². The monoisotopic (exact) mass is 254 g/mol. The van der Waals surface area contributed by atoms with Gasteiger partial charge in [0, 0.05) is 19.2 Å². The second-order valence-corrected chi connectivity index (χ2v) is 4.60. The average molecular weight is 254 g/mol. The van der Waals surface area contributed by atoms with Crippen molar-refractivity contribution in [1.82, 2.24) is 4.90 Å². The van der Waals surface area contributed by atoms with Gasteiger partial charge in [-0.05, 0) is 37.4 Å². The van der Waals surface area contributed by atoms with Crippen LogP contribution in [0.25, 0.3) is 0 Å². The van der Waals surface area contributed by atoms with Gasteiger partial charge in [-0.15, -0.1) is 0 Å². The van der Waals surface area contributed by atoms with Crippen molar-refractivity contribution in [2.24, 2.45) is 11.7 Å². The Morgan fingerprint density at radius 1 is 1.33 bits per heavy atom. The minimum absolute atomic E-state index is 0.0670. The summed E-state index contributed by atoms with van der Waals surface area (Å²) in [6.07, 6.45) is 1.68. The molecule has 0 aromatic heterocycles. The number of halogens is 2. The fraction of sp³-hybridized carbons (Fsp3) is 0.462. The van der Waals surface area contributed by atoms with Gasteiger partial charge in [-0.2, -0.15) is 0 Å². The molecule has 1 fully saturated rings. The van der Waals surface area contributed by atoms with Gasteiger partial charge in [-0.3, -0.25) is 4.79 Å². The zero-order valence-electron chi connectivity index (χ0n) is 10.0. The maximum atomic E-state index is 13.5. The Morgan fingerprint density at radius 2 is 2.00 bits per heavy atom. The minimum atomic E-state index is -0.805. The molecule has 0 saturated carbocycles. The third-order valence-corrected chi connectivity index (χ3v) is 3.40. The Labute approximate surface area is 105 Å². The molecule has 0 spiro atoms. The van der Waals surface area contributed by atoms with Crippen LogP contribution in [0.1, 0.15) is 23.2 Å². The van der Waals surface area contributed by atoms with Crippen LogP contribution in [-0.4, -0.2) is 30.4 Å². The van der Waals surface area contributed by atoms with Crippen LogP contribution in [0.15, 0.2) is 18.2 Å². The first-order valence-corrected chi connectivity index (χ1v) is 6.06. The van der Waals surface area contributed by atoms with Crippen molar-refractivity contribution in [2.45, 2.75) is 12.8 Å². The predicted molar refractivity (Wildman–Crippen MR) is 64.0 cm³/mol. The number of piperidine rings is 1. The lowest BCUT2D eigenvalue weighted by molar-refractivity contribution is 0.0688. The summed E-state index contributed by atoms with van der Waals surface area (Å²) in [7, 11) is 0. The van der Waals surface area contributed by atoms with E-state index < -0.39 is 11.6 Å². The van der Waals surface area contributed by atoms with Gasteiger partial charge in [-0.25, -0.2) is 8.78 Å². The third kappa shape index (κ3) is 2.67. The number of likely N-dealkylation sites (tertiary alicyclic amines) is 1. The quantitative estimate of drug-likeness (QED) is 0.874. The Morgan fingerprint density at radius 3 is 2.56 bits per heavy atom. The lowest BCUT2D eigenvalue weighted by Gasteiger charge is -2.31. The Kier molecular flexibility index (Phi) is 3.91. The molecule has 0 bridgehead atoms. The maximum Gasteiger partial charge on any atom is 0.256 e. The molecule has 2 rings (SSSR count). The number of nitrogens with zero attached hydrogens (tertiary/aromatic N) is 1. The van der Waals surface area contributed by atoms with Crippen molar-refractivity contribution < 1.29 is 13.6 Å². The van der Waals surface area contributed by atoms with Gasteiger partial charge in [0.05, 0.1) is 5.56 Å². The molecule has 1 aliphatic heterocycles. The molecule has 1 aliphatic rings. The molecule has 1 amide bonds. The summed E-state index contributed by atoms with van der Waals surface area (Å²) in [5.74, 6) is -1.41. The highest BCUT2D eigenvalue weighted by Gasteiger charge is 2.24. The molecule has 1 saturated heterocycles. The van der Waals surface area contributed by atoms with E-state index in [0.29, 0.717) is 25.6 Å². The molecule has 0 radical (unpaired) electrons. The molecule has 98 valence electrons. The summed E-state index contributed by atoms with van der Waals surface area (Å²) in [6, 6.07) is 3.03. The van der Waals surface area contributed by atoms with Crippen LogP contribution in [-0.2, 0) is 0 Å². The molecule has 1 aromatic carbocycles. The summed E-state index contributed by atoms with van der Waals surface area (Å²) < 4.78 is 26.3. The van der Waals surface area contributed by atoms with Crippen LogP contribution in [0, 0.1) is 17.6 Å². The minimum Gasteiger partial charge on any atom is -0.339 e. The number of carbonyl (C=O) groups excluding carboxylic acids is 1. The van der Waals surface area contributed by atoms with Crippen molar-refractivity contribution in [3.05, 3.63) is 35.4 Å². The molecule has 0 unspecified atom stereocenters. The summed E-state index contributed by atoms with van der Waals surface area (Å²) in [5, 5.41) is 0. The molecule has 2 N–H and O–H groups in total. The van der Waals surface area contributed by atoms with Gasteiger partial charge in [0.15, 0.2) is 0 Å². The molecule has 0 atom stereocenters. The van der Waals surface area contributed by atoms with E-state index >= 15 is 0 Å². The Hall–Kier alpha value is -1.49. The largest absolute Gasteiger partial charge is 0.339 e. The Balaban J connectivity index is 2.08. The first-order valence-electron chi connectivity index (χ1n) is 6.06. The first kappa shape index (κ1) is 13.0. The third-order valence-electron chi connectivity index (χ3n) is 3.40. The fourth-order valence-corrected chi connectivity index (χ4v) is 2.21. The van der Waals surface area contributed by atoms with Crippen LogP contribution in [0.3, 0.4) is 0 Å². The van der Waals surface area contributed by atoms with E-state index in [9.17, 15) is 13.6 Å². The van der Waals surface area contributed by atoms with Crippen molar-refractivity contribution >= 4 is 5.91 Å². The van der Waals surface area contributed by atoms with Gasteiger partial charge in [0.1, 0.15) is 11.6 Å². The van der Waals surface area contributed by atoms with E-state index in [0.717, 1.165) is 25.0 Å². The van der Waals surface area contributed by atoms with E-state index in [1.807, 2.05) is 0 Å². The molecule has 0 aliphatic carbocycles. The van der Waals surface area contributed by atoms with E-state index in [-0.39, 0.29) is 11.5 Å². The number of benzene rings is 1. The highest BCUT2D eigenvalue weighted by molar-refractivity contribution is 5.94. The average Bonchev–Trinajstić information content (AvgIpc) is 2.38. The molecule has 3 nitrogen and oxygen atoms in total. The second kappa shape index (κ2) is 5.44. The zero-order chi connectivity index (χ0) is 13.1. The van der Waals surface area contributed by atoms with Crippen LogP contribution >= 0.6 is 0 Å². The lowest BCUT2D eigenvalue weighted by Crippen LogP contribution is -2.40. The van der Waals surface area contributed by atoms with Gasteiger partial charge in [0.2, 0.25) is 0 Å². The Bertz CT molecular complexity index is 443. The standard InChI is InChI=1S/C13H16F2N2O/c14-10-1-2-11(12(15)7-10)13(18)17-5-3-9(8-16)4-6-17/h1-2,7,9H,3-6,8,16H2. The van der Waals surface area contributed by atoms with Crippen molar-refractivity contribution in [2.75, 3.05) is 19.6 Å². The van der Waals surface area contributed by atoms with Crippen LogP contribution in [0.5, 0.6) is 0 Å². The van der Waals surface area contributed by atoms with E-state index in [1.54, 1.807) is 4.90 Å². The maximum absolute atomic E-state index is 13.5. The van der Waals surface area contributed by atoms with Gasteiger partial charge in [0.25, 0.3) is 5.91 Å². The van der Waals surface area contributed by atoms with Crippen molar-refractivity contribution in [3.8, 4) is 0 Å². The molecule has 1 heterocycles. The highest BCUT2D eigenvalue weighted by atomic mass is 19.1. The van der Waals surface area contributed by atoms with Gasteiger partial charge >= 0.3 is 0 Å². The van der Waals surface area contributed by atoms with E-state index in [1.165, 1.54) is 6.07 Å². The number of nitrogens with two attached hydrogens (primary N) is 1. The highest BCUT2D eigenvalue weighted by Crippen LogP contribution is 2.19. The number of hydrogen-bond acceptors (Lipinski definition) is 2. The van der Waals surface area contributed by atoms with Crippen LogP contribution < -0.4 is 5.73 Å². The molecule has 18 heavy (non-hydrogen) atoms. The first-order chi connectivity index (χ1) is 8.61. The normalized spacial score (nSPS) is 16.9.